The van der Waals surface area contributed by atoms with E-state index in [2.05, 4.69) is 34.4 Å². The van der Waals surface area contributed by atoms with Crippen LogP contribution in [0.3, 0.4) is 0 Å². The lowest BCUT2D eigenvalue weighted by atomic mass is 10.0. The van der Waals surface area contributed by atoms with Gasteiger partial charge in [0.1, 0.15) is 5.02 Å². The Morgan fingerprint density at radius 2 is 2.14 bits per heavy atom. The van der Waals surface area contributed by atoms with Crippen LogP contribution in [-0.4, -0.2) is 47.2 Å². The quantitative estimate of drug-likeness (QED) is 0.439. The van der Waals surface area contributed by atoms with Gasteiger partial charge >= 0.3 is 0 Å². The number of aromatic nitrogens is 3. The number of carbonyl (C=O) groups is 1. The SMILES string of the molecule is CCCCn1c(=O)c(OCC(=O)NC)cc2cc(Nc3nc(N4CCC[C@H](C)C4)ncc3Cl)ccc21. The number of pyridine rings is 1. The fourth-order valence-corrected chi connectivity index (χ4v) is 4.54. The molecule has 2 N–H and O–H groups in total. The molecule has 0 unspecified atom stereocenters. The minimum absolute atomic E-state index is 0.140. The first-order chi connectivity index (χ1) is 17.4. The molecule has 0 saturated carbocycles. The Labute approximate surface area is 215 Å². The lowest BCUT2D eigenvalue weighted by Crippen LogP contribution is -2.35. The van der Waals surface area contributed by atoms with Crippen molar-refractivity contribution >= 4 is 45.9 Å². The van der Waals surface area contributed by atoms with Crippen LogP contribution in [-0.2, 0) is 11.3 Å². The lowest BCUT2D eigenvalue weighted by Gasteiger charge is -2.31. The molecule has 0 bridgehead atoms. The topological polar surface area (TPSA) is 101 Å². The average molecular weight is 513 g/mol. The number of aryl methyl sites for hydroxylation is 1. The Kier molecular flexibility index (Phi) is 8.30. The molecule has 0 radical (unpaired) electrons. The van der Waals surface area contributed by atoms with Crippen LogP contribution < -0.4 is 25.8 Å². The molecular formula is C26H33ClN6O3. The number of amides is 1. The molecule has 3 aromatic rings. The number of hydrogen-bond acceptors (Lipinski definition) is 7. The summed E-state index contributed by atoms with van der Waals surface area (Å²) in [4.78, 5) is 36.1. The van der Waals surface area contributed by atoms with Gasteiger partial charge in [0.05, 0.1) is 11.7 Å². The van der Waals surface area contributed by atoms with Crippen molar-refractivity contribution in [3.8, 4) is 5.75 Å². The highest BCUT2D eigenvalue weighted by Crippen LogP contribution is 2.29. The number of benzene rings is 1. The summed E-state index contributed by atoms with van der Waals surface area (Å²) in [6.07, 6.45) is 5.75. The van der Waals surface area contributed by atoms with Gasteiger partial charge in [0.25, 0.3) is 11.5 Å². The second kappa shape index (κ2) is 11.6. The van der Waals surface area contributed by atoms with Crippen molar-refractivity contribution in [1.29, 1.82) is 0 Å². The first-order valence-corrected chi connectivity index (χ1v) is 12.8. The summed E-state index contributed by atoms with van der Waals surface area (Å²) >= 11 is 6.44. The number of anilines is 3. The van der Waals surface area contributed by atoms with Crippen LogP contribution >= 0.6 is 11.6 Å². The van der Waals surface area contributed by atoms with Crippen molar-refractivity contribution < 1.29 is 9.53 Å². The van der Waals surface area contributed by atoms with Gasteiger partial charge in [0.15, 0.2) is 18.2 Å². The van der Waals surface area contributed by atoms with Crippen molar-refractivity contribution in [2.24, 2.45) is 5.92 Å². The number of rotatable bonds is 9. The zero-order valence-electron chi connectivity index (χ0n) is 21.0. The minimum Gasteiger partial charge on any atom is -0.478 e. The van der Waals surface area contributed by atoms with Gasteiger partial charge in [-0.1, -0.05) is 31.9 Å². The molecule has 1 aliphatic heterocycles. The summed E-state index contributed by atoms with van der Waals surface area (Å²) < 4.78 is 7.28. The molecule has 0 spiro atoms. The van der Waals surface area contributed by atoms with Crippen molar-refractivity contribution in [2.45, 2.75) is 46.1 Å². The molecule has 36 heavy (non-hydrogen) atoms. The second-order valence-corrected chi connectivity index (χ2v) is 9.65. The molecule has 0 aliphatic carbocycles. The van der Waals surface area contributed by atoms with Gasteiger partial charge < -0.3 is 24.8 Å². The van der Waals surface area contributed by atoms with E-state index in [1.54, 1.807) is 16.8 Å². The van der Waals surface area contributed by atoms with Crippen LogP contribution in [0.5, 0.6) is 5.75 Å². The van der Waals surface area contributed by atoms with E-state index in [0.29, 0.717) is 29.3 Å². The van der Waals surface area contributed by atoms with Crippen molar-refractivity contribution in [3.63, 3.8) is 0 Å². The Balaban J connectivity index is 1.66. The van der Waals surface area contributed by atoms with E-state index >= 15 is 0 Å². The molecule has 1 atom stereocenters. The summed E-state index contributed by atoms with van der Waals surface area (Å²) in [5.41, 5.74) is 1.31. The van der Waals surface area contributed by atoms with E-state index in [-0.39, 0.29) is 23.8 Å². The van der Waals surface area contributed by atoms with Gasteiger partial charge in [-0.2, -0.15) is 4.98 Å². The third kappa shape index (κ3) is 5.90. The molecule has 10 heteroatoms. The maximum absolute atomic E-state index is 13.1. The normalized spacial score (nSPS) is 15.7. The molecule has 1 amide bonds. The smallest absolute Gasteiger partial charge is 0.293 e. The molecule has 1 aromatic carbocycles. The van der Waals surface area contributed by atoms with Gasteiger partial charge in [0.2, 0.25) is 5.95 Å². The molecule has 4 rings (SSSR count). The predicted molar refractivity (Wildman–Crippen MR) is 144 cm³/mol. The number of halogens is 1. The fraction of sp³-hybridized carbons (Fsp3) is 0.462. The number of nitrogens with zero attached hydrogens (tertiary/aromatic N) is 4. The van der Waals surface area contributed by atoms with E-state index < -0.39 is 0 Å². The van der Waals surface area contributed by atoms with E-state index in [1.807, 2.05) is 18.2 Å². The first kappa shape index (κ1) is 25.8. The molecule has 1 saturated heterocycles. The number of carbonyl (C=O) groups excluding carboxylic acids is 1. The van der Waals surface area contributed by atoms with Gasteiger partial charge in [0, 0.05) is 37.8 Å². The van der Waals surface area contributed by atoms with Gasteiger partial charge in [-0.15, -0.1) is 0 Å². The highest BCUT2D eigenvalue weighted by atomic mass is 35.5. The summed E-state index contributed by atoms with van der Waals surface area (Å²) in [5, 5.41) is 7.04. The second-order valence-electron chi connectivity index (χ2n) is 9.24. The number of likely N-dealkylation sites (N-methyl/N-ethyl adjacent to an activating group) is 1. The van der Waals surface area contributed by atoms with E-state index in [0.717, 1.165) is 48.9 Å². The largest absolute Gasteiger partial charge is 0.478 e. The zero-order chi connectivity index (χ0) is 25.7. The van der Waals surface area contributed by atoms with Gasteiger partial charge in [-0.3, -0.25) is 9.59 Å². The standard InChI is InChI=1S/C26H33ClN6O3/c1-4-5-11-33-21-9-8-19(12-18(21)13-22(25(33)35)36-16-23(34)28-3)30-24-20(27)14-29-26(31-24)32-10-6-7-17(2)15-32/h8-9,12-14,17H,4-7,10-11,15-16H2,1-3H3,(H,28,34)(H,29,30,31)/t17-/m0/s1. The summed E-state index contributed by atoms with van der Waals surface area (Å²) in [7, 11) is 1.53. The van der Waals surface area contributed by atoms with Crippen molar-refractivity contribution in [3.05, 3.63) is 45.8 Å². The lowest BCUT2D eigenvalue weighted by molar-refractivity contribution is -0.122. The Morgan fingerprint density at radius 3 is 2.89 bits per heavy atom. The van der Waals surface area contributed by atoms with Crippen LogP contribution in [0, 0.1) is 5.92 Å². The zero-order valence-corrected chi connectivity index (χ0v) is 21.8. The fourth-order valence-electron chi connectivity index (χ4n) is 4.40. The third-order valence-corrected chi connectivity index (χ3v) is 6.64. The van der Waals surface area contributed by atoms with Gasteiger partial charge in [-0.05, 0) is 49.4 Å². The molecule has 9 nitrogen and oxygen atoms in total. The number of hydrogen-bond donors (Lipinski definition) is 2. The molecule has 2 aromatic heterocycles. The number of ether oxygens (including phenoxy) is 1. The maximum atomic E-state index is 13.1. The van der Waals surface area contributed by atoms with Crippen LogP contribution in [0.1, 0.15) is 39.5 Å². The molecular weight excluding hydrogens is 480 g/mol. The van der Waals surface area contributed by atoms with Crippen LogP contribution in [0.25, 0.3) is 10.9 Å². The Hall–Kier alpha value is -3.33. The Bertz CT molecular complexity index is 1290. The van der Waals surface area contributed by atoms with Crippen LogP contribution in [0.4, 0.5) is 17.5 Å². The monoisotopic (exact) mass is 512 g/mol. The summed E-state index contributed by atoms with van der Waals surface area (Å²) in [6, 6.07) is 7.40. The number of nitrogens with one attached hydrogen (secondary N) is 2. The van der Waals surface area contributed by atoms with Crippen molar-refractivity contribution in [2.75, 3.05) is 37.0 Å². The average Bonchev–Trinajstić information content (AvgIpc) is 2.88. The summed E-state index contributed by atoms with van der Waals surface area (Å²) in [6.45, 7) is 6.50. The Morgan fingerprint density at radius 1 is 1.31 bits per heavy atom. The number of piperidine rings is 1. The van der Waals surface area contributed by atoms with E-state index in [1.165, 1.54) is 13.5 Å². The first-order valence-electron chi connectivity index (χ1n) is 12.4. The molecule has 1 aliphatic rings. The van der Waals surface area contributed by atoms with E-state index in [4.69, 9.17) is 21.3 Å². The third-order valence-electron chi connectivity index (χ3n) is 6.37. The van der Waals surface area contributed by atoms with Crippen molar-refractivity contribution in [1.82, 2.24) is 19.9 Å². The molecule has 192 valence electrons. The summed E-state index contributed by atoms with van der Waals surface area (Å²) in [5.74, 6) is 1.62. The van der Waals surface area contributed by atoms with Gasteiger partial charge in [-0.25, -0.2) is 4.98 Å². The maximum Gasteiger partial charge on any atom is 0.293 e. The number of fused-ring (bicyclic) bond motifs is 1. The highest BCUT2D eigenvalue weighted by Gasteiger charge is 2.20. The molecule has 1 fully saturated rings. The highest BCUT2D eigenvalue weighted by molar-refractivity contribution is 6.32. The van der Waals surface area contributed by atoms with E-state index in [9.17, 15) is 9.59 Å². The van der Waals surface area contributed by atoms with Crippen LogP contribution in [0.2, 0.25) is 5.02 Å². The predicted octanol–water partition coefficient (Wildman–Crippen LogP) is 4.35. The number of unbranched alkanes of at least 4 members (excludes halogenated alkanes) is 1. The minimum atomic E-state index is -0.303. The molecule has 3 heterocycles. The van der Waals surface area contributed by atoms with Crippen LogP contribution in [0.15, 0.2) is 35.3 Å².